The van der Waals surface area contributed by atoms with Crippen molar-refractivity contribution < 1.29 is 23.9 Å². The van der Waals surface area contributed by atoms with Crippen molar-refractivity contribution in [3.8, 4) is 0 Å². The van der Waals surface area contributed by atoms with Crippen molar-refractivity contribution in [3.05, 3.63) is 101 Å². The Morgan fingerprint density at radius 3 is 2.03 bits per heavy atom. The van der Waals surface area contributed by atoms with Crippen LogP contribution in [-0.2, 0) is 4.74 Å². The number of nitrogens with zero attached hydrogens (tertiary/aromatic N) is 1. The van der Waals surface area contributed by atoms with Gasteiger partial charge in [-0.25, -0.2) is 9.69 Å². The fraction of sp³-hybridized carbons (Fsp3) is 0.120. The highest BCUT2D eigenvalue weighted by molar-refractivity contribution is 6.34. The van der Waals surface area contributed by atoms with Crippen LogP contribution in [0, 0.1) is 6.92 Å². The number of hydrogen-bond acceptors (Lipinski definition) is 5. The molecule has 0 saturated carbocycles. The number of carbonyl (C=O) groups is 4. The number of anilines is 1. The Hall–Kier alpha value is -4.06. The molecule has 0 spiro atoms. The lowest BCUT2D eigenvalue weighted by Crippen LogP contribution is -2.29. The third kappa shape index (κ3) is 3.75. The molecular formula is C25H19NO5. The molecule has 31 heavy (non-hydrogen) atoms. The van der Waals surface area contributed by atoms with Gasteiger partial charge < -0.3 is 4.74 Å². The molecule has 0 aliphatic carbocycles. The molecule has 0 saturated heterocycles. The van der Waals surface area contributed by atoms with Crippen LogP contribution >= 0.6 is 0 Å². The van der Waals surface area contributed by atoms with Crippen LogP contribution in [0.25, 0.3) is 0 Å². The molecule has 3 aromatic carbocycles. The highest BCUT2D eigenvalue weighted by Crippen LogP contribution is 2.29. The topological polar surface area (TPSA) is 80.8 Å². The maximum absolute atomic E-state index is 12.7. The van der Waals surface area contributed by atoms with Crippen molar-refractivity contribution in [1.82, 2.24) is 0 Å². The van der Waals surface area contributed by atoms with Gasteiger partial charge in [-0.1, -0.05) is 48.0 Å². The SMILES string of the molecule is Cc1ccc(C(=O)[C@@H](C)OC(=O)c2cccc(N3C(=O)c4ccccc4C3=O)c2)cc1. The van der Waals surface area contributed by atoms with E-state index in [0.29, 0.717) is 16.7 Å². The number of hydrogen-bond donors (Lipinski definition) is 0. The molecule has 1 aliphatic rings. The Morgan fingerprint density at radius 2 is 1.42 bits per heavy atom. The first-order chi connectivity index (χ1) is 14.9. The van der Waals surface area contributed by atoms with Crippen molar-refractivity contribution in [2.75, 3.05) is 4.90 Å². The lowest BCUT2D eigenvalue weighted by Gasteiger charge is -2.16. The molecule has 3 aromatic rings. The standard InChI is InChI=1S/C25H19NO5/c1-15-10-12-17(13-11-15)22(27)16(2)31-25(30)18-6-5-7-19(14-18)26-23(28)20-8-3-4-9-21(20)24(26)29/h3-14,16H,1-2H3/t16-/m1/s1. The summed E-state index contributed by atoms with van der Waals surface area (Å²) in [5.41, 5.74) is 2.50. The van der Waals surface area contributed by atoms with E-state index < -0.39 is 23.9 Å². The zero-order valence-electron chi connectivity index (χ0n) is 17.0. The van der Waals surface area contributed by atoms with E-state index in [1.165, 1.54) is 19.1 Å². The summed E-state index contributed by atoms with van der Waals surface area (Å²) in [5, 5.41) is 0. The molecule has 0 fully saturated rings. The largest absolute Gasteiger partial charge is 0.451 e. The van der Waals surface area contributed by atoms with Crippen molar-refractivity contribution in [1.29, 1.82) is 0 Å². The number of amides is 2. The number of ether oxygens (including phenoxy) is 1. The van der Waals surface area contributed by atoms with Gasteiger partial charge in [-0.3, -0.25) is 14.4 Å². The van der Waals surface area contributed by atoms with E-state index in [9.17, 15) is 19.2 Å². The lowest BCUT2D eigenvalue weighted by molar-refractivity contribution is 0.0318. The fourth-order valence-electron chi connectivity index (χ4n) is 3.43. The Kier molecular flexibility index (Phi) is 5.21. The van der Waals surface area contributed by atoms with Crippen LogP contribution in [0.4, 0.5) is 5.69 Å². The summed E-state index contributed by atoms with van der Waals surface area (Å²) < 4.78 is 5.34. The van der Waals surface area contributed by atoms with Crippen LogP contribution < -0.4 is 4.90 Å². The summed E-state index contributed by atoms with van der Waals surface area (Å²) in [6, 6.07) is 19.6. The van der Waals surface area contributed by atoms with E-state index in [4.69, 9.17) is 4.74 Å². The molecule has 154 valence electrons. The molecule has 0 aromatic heterocycles. The van der Waals surface area contributed by atoms with Gasteiger partial charge in [0.25, 0.3) is 11.8 Å². The minimum Gasteiger partial charge on any atom is -0.451 e. The molecule has 0 bridgehead atoms. The van der Waals surface area contributed by atoms with Crippen LogP contribution in [0.15, 0.2) is 72.8 Å². The highest BCUT2D eigenvalue weighted by Gasteiger charge is 2.36. The molecule has 6 heteroatoms. The van der Waals surface area contributed by atoms with Gasteiger partial charge in [-0.2, -0.15) is 0 Å². The number of fused-ring (bicyclic) bond motifs is 1. The molecule has 0 radical (unpaired) electrons. The van der Waals surface area contributed by atoms with Gasteiger partial charge in [0.1, 0.15) is 0 Å². The monoisotopic (exact) mass is 413 g/mol. The van der Waals surface area contributed by atoms with Gasteiger partial charge >= 0.3 is 5.97 Å². The van der Waals surface area contributed by atoms with E-state index in [0.717, 1.165) is 10.5 Å². The molecule has 1 heterocycles. The number of benzene rings is 3. The highest BCUT2D eigenvalue weighted by atomic mass is 16.5. The van der Waals surface area contributed by atoms with E-state index in [1.54, 1.807) is 48.5 Å². The average Bonchev–Trinajstić information content (AvgIpc) is 3.04. The van der Waals surface area contributed by atoms with Crippen LogP contribution in [0.1, 0.15) is 53.9 Å². The van der Waals surface area contributed by atoms with Gasteiger partial charge in [-0.05, 0) is 44.2 Å². The summed E-state index contributed by atoms with van der Waals surface area (Å²) in [6.07, 6.45) is -0.988. The fourth-order valence-corrected chi connectivity index (χ4v) is 3.43. The van der Waals surface area contributed by atoms with Gasteiger partial charge in [-0.15, -0.1) is 0 Å². The molecule has 2 amide bonds. The molecule has 4 rings (SSSR count). The summed E-state index contributed by atoms with van der Waals surface area (Å²) >= 11 is 0. The number of rotatable bonds is 5. The van der Waals surface area contributed by atoms with E-state index >= 15 is 0 Å². The van der Waals surface area contributed by atoms with E-state index in [-0.39, 0.29) is 17.0 Å². The van der Waals surface area contributed by atoms with Crippen LogP contribution in [0.5, 0.6) is 0 Å². The predicted octanol–water partition coefficient (Wildman–Crippen LogP) is 4.22. The molecular weight excluding hydrogens is 394 g/mol. The first kappa shape index (κ1) is 20.2. The minimum atomic E-state index is -0.988. The van der Waals surface area contributed by atoms with Crippen molar-refractivity contribution >= 4 is 29.3 Å². The van der Waals surface area contributed by atoms with Gasteiger partial charge in [0, 0.05) is 5.56 Å². The summed E-state index contributed by atoms with van der Waals surface area (Å²) in [7, 11) is 0. The smallest absolute Gasteiger partial charge is 0.338 e. The Labute approximate surface area is 179 Å². The molecule has 0 unspecified atom stereocenters. The lowest BCUT2D eigenvalue weighted by atomic mass is 10.1. The van der Waals surface area contributed by atoms with E-state index in [2.05, 4.69) is 0 Å². The van der Waals surface area contributed by atoms with Crippen molar-refractivity contribution in [2.45, 2.75) is 20.0 Å². The second kappa shape index (κ2) is 7.99. The Balaban J connectivity index is 1.53. The first-order valence-corrected chi connectivity index (χ1v) is 9.76. The second-order valence-electron chi connectivity index (χ2n) is 7.32. The van der Waals surface area contributed by atoms with Crippen LogP contribution in [-0.4, -0.2) is 29.7 Å². The Bertz CT molecular complexity index is 1180. The Morgan fingerprint density at radius 1 is 0.806 bits per heavy atom. The summed E-state index contributed by atoms with van der Waals surface area (Å²) in [6.45, 7) is 3.42. The number of Topliss-reactive ketones (excluding diaryl/α,β-unsaturated/α-hetero) is 1. The average molecular weight is 413 g/mol. The maximum atomic E-state index is 12.7. The molecule has 1 atom stereocenters. The number of imide groups is 1. The van der Waals surface area contributed by atoms with Gasteiger partial charge in [0.2, 0.25) is 5.78 Å². The predicted molar refractivity (Wildman–Crippen MR) is 114 cm³/mol. The number of esters is 1. The van der Waals surface area contributed by atoms with Crippen LogP contribution in [0.3, 0.4) is 0 Å². The normalized spacial score (nSPS) is 13.7. The third-order valence-electron chi connectivity index (χ3n) is 5.12. The summed E-state index contributed by atoms with van der Waals surface area (Å²) in [4.78, 5) is 51.6. The number of ketones is 1. The molecule has 1 aliphatic heterocycles. The minimum absolute atomic E-state index is 0.137. The number of aryl methyl sites for hydroxylation is 1. The zero-order chi connectivity index (χ0) is 22.1. The second-order valence-corrected chi connectivity index (χ2v) is 7.32. The molecule has 0 N–H and O–H groups in total. The summed E-state index contributed by atoms with van der Waals surface area (Å²) in [5.74, 6) is -1.93. The van der Waals surface area contributed by atoms with Crippen molar-refractivity contribution in [2.24, 2.45) is 0 Å². The third-order valence-corrected chi connectivity index (χ3v) is 5.12. The maximum Gasteiger partial charge on any atom is 0.338 e. The molecule has 6 nitrogen and oxygen atoms in total. The zero-order valence-corrected chi connectivity index (χ0v) is 17.0. The van der Waals surface area contributed by atoms with Crippen LogP contribution in [0.2, 0.25) is 0 Å². The quantitative estimate of drug-likeness (QED) is 0.355. The van der Waals surface area contributed by atoms with Gasteiger partial charge in [0.05, 0.1) is 22.4 Å². The van der Waals surface area contributed by atoms with Crippen molar-refractivity contribution in [3.63, 3.8) is 0 Å². The van der Waals surface area contributed by atoms with Gasteiger partial charge in [0.15, 0.2) is 6.10 Å². The van der Waals surface area contributed by atoms with E-state index in [1.807, 2.05) is 19.1 Å². The first-order valence-electron chi connectivity index (χ1n) is 9.76. The number of carbonyl (C=O) groups excluding carboxylic acids is 4.